The summed E-state index contributed by atoms with van der Waals surface area (Å²) in [7, 11) is 3.13. The third-order valence-electron chi connectivity index (χ3n) is 3.57. The highest BCUT2D eigenvalue weighted by Crippen LogP contribution is 2.23. The summed E-state index contributed by atoms with van der Waals surface area (Å²) in [6, 6.07) is 12.2. The monoisotopic (exact) mass is 354 g/mol. The third kappa shape index (κ3) is 5.11. The molecule has 2 N–H and O–H groups in total. The van der Waals surface area contributed by atoms with Gasteiger partial charge in [0, 0.05) is 18.7 Å². The molecule has 6 heteroatoms. The van der Waals surface area contributed by atoms with E-state index < -0.39 is 0 Å². The van der Waals surface area contributed by atoms with Crippen molar-refractivity contribution >= 4 is 23.6 Å². The van der Waals surface area contributed by atoms with Gasteiger partial charge in [-0.3, -0.25) is 9.59 Å². The number of nitrogens with one attached hydrogen (secondary N) is 2. The van der Waals surface area contributed by atoms with Gasteiger partial charge in [0.25, 0.3) is 5.91 Å². The van der Waals surface area contributed by atoms with Crippen molar-refractivity contribution in [1.82, 2.24) is 5.32 Å². The van der Waals surface area contributed by atoms with Crippen molar-refractivity contribution in [2.45, 2.75) is 6.92 Å². The smallest absolute Gasteiger partial charge is 0.253 e. The molecule has 0 aliphatic heterocycles. The van der Waals surface area contributed by atoms with Crippen molar-refractivity contribution in [2.24, 2.45) is 0 Å². The zero-order valence-corrected chi connectivity index (χ0v) is 15.0. The van der Waals surface area contributed by atoms with E-state index in [4.69, 9.17) is 9.47 Å². The number of rotatable bonds is 7. The molecule has 2 aromatic rings. The average molecular weight is 354 g/mol. The fourth-order valence-electron chi connectivity index (χ4n) is 2.32. The van der Waals surface area contributed by atoms with E-state index in [0.717, 1.165) is 5.56 Å². The fourth-order valence-corrected chi connectivity index (χ4v) is 2.32. The summed E-state index contributed by atoms with van der Waals surface area (Å²) >= 11 is 0. The lowest BCUT2D eigenvalue weighted by molar-refractivity contribution is -0.111. The summed E-state index contributed by atoms with van der Waals surface area (Å²) in [6.07, 6.45) is 3.04. The van der Waals surface area contributed by atoms with Gasteiger partial charge in [-0.25, -0.2) is 0 Å². The van der Waals surface area contributed by atoms with E-state index in [0.29, 0.717) is 29.3 Å². The summed E-state index contributed by atoms with van der Waals surface area (Å²) in [5, 5.41) is 5.45. The van der Waals surface area contributed by atoms with Gasteiger partial charge in [0.15, 0.2) is 0 Å². The van der Waals surface area contributed by atoms with Crippen LogP contribution in [-0.4, -0.2) is 32.6 Å². The minimum atomic E-state index is -0.344. The molecule has 26 heavy (non-hydrogen) atoms. The zero-order chi connectivity index (χ0) is 18.9. The highest BCUT2D eigenvalue weighted by atomic mass is 16.5. The molecule has 0 unspecified atom stereocenters. The highest BCUT2D eigenvalue weighted by molar-refractivity contribution is 6.07. The molecule has 0 radical (unpaired) electrons. The van der Waals surface area contributed by atoms with E-state index >= 15 is 0 Å². The van der Waals surface area contributed by atoms with E-state index in [9.17, 15) is 9.59 Å². The first kappa shape index (κ1) is 19.1. The van der Waals surface area contributed by atoms with E-state index in [1.54, 1.807) is 62.8 Å². The Morgan fingerprint density at radius 2 is 1.69 bits per heavy atom. The van der Waals surface area contributed by atoms with Crippen LogP contribution >= 0.6 is 0 Å². The van der Waals surface area contributed by atoms with Crippen LogP contribution in [0.15, 0.2) is 48.5 Å². The van der Waals surface area contributed by atoms with Gasteiger partial charge in [-0.2, -0.15) is 0 Å². The van der Waals surface area contributed by atoms with Crippen molar-refractivity contribution in [1.29, 1.82) is 0 Å². The van der Waals surface area contributed by atoms with Gasteiger partial charge in [0.2, 0.25) is 5.91 Å². The van der Waals surface area contributed by atoms with E-state index in [1.165, 1.54) is 6.08 Å². The van der Waals surface area contributed by atoms with Crippen molar-refractivity contribution < 1.29 is 19.1 Å². The summed E-state index contributed by atoms with van der Waals surface area (Å²) < 4.78 is 10.4. The van der Waals surface area contributed by atoms with Crippen molar-refractivity contribution in [2.75, 3.05) is 26.1 Å². The Morgan fingerprint density at radius 1 is 1.04 bits per heavy atom. The van der Waals surface area contributed by atoms with Crippen LogP contribution in [0.25, 0.3) is 6.08 Å². The molecule has 2 rings (SSSR count). The average Bonchev–Trinajstić information content (AvgIpc) is 2.66. The first-order valence-electron chi connectivity index (χ1n) is 8.16. The molecule has 0 atom stereocenters. The number of carbonyl (C=O) groups excluding carboxylic acids is 2. The second-order valence-electron chi connectivity index (χ2n) is 5.37. The third-order valence-corrected chi connectivity index (χ3v) is 3.57. The van der Waals surface area contributed by atoms with Gasteiger partial charge in [0.1, 0.15) is 11.5 Å². The second-order valence-corrected chi connectivity index (χ2v) is 5.37. The zero-order valence-electron chi connectivity index (χ0n) is 15.0. The number of hydrogen-bond donors (Lipinski definition) is 2. The van der Waals surface area contributed by atoms with E-state index in [1.807, 2.05) is 6.92 Å². The number of carbonyl (C=O) groups is 2. The molecule has 0 saturated carbocycles. The Labute approximate surface area is 152 Å². The minimum absolute atomic E-state index is 0.232. The summed E-state index contributed by atoms with van der Waals surface area (Å²) in [6.45, 7) is 2.35. The molecule has 6 nitrogen and oxygen atoms in total. The Hall–Kier alpha value is -3.28. The highest BCUT2D eigenvalue weighted by Gasteiger charge is 2.11. The molecule has 0 aromatic heterocycles. The molecule has 0 spiro atoms. The quantitative estimate of drug-likeness (QED) is 0.749. The maximum Gasteiger partial charge on any atom is 0.253 e. The number of amides is 2. The fraction of sp³-hybridized carbons (Fsp3) is 0.200. The van der Waals surface area contributed by atoms with Crippen molar-refractivity contribution in [3.63, 3.8) is 0 Å². The van der Waals surface area contributed by atoms with Gasteiger partial charge in [-0.05, 0) is 42.8 Å². The first-order valence-corrected chi connectivity index (χ1v) is 8.16. The van der Waals surface area contributed by atoms with Crippen LogP contribution in [0.5, 0.6) is 11.5 Å². The number of methoxy groups -OCH3 is 2. The standard InChI is InChI=1S/C20H22N2O4/c1-4-21-20(24)17-7-5-6-8-18(17)22-19(23)10-9-14-11-15(25-2)13-16(12-14)26-3/h5-13H,4H2,1-3H3,(H,21,24)(H,22,23)/b10-9+. The van der Waals surface area contributed by atoms with Gasteiger partial charge >= 0.3 is 0 Å². The Kier molecular flexibility index (Phi) is 6.79. The van der Waals surface area contributed by atoms with Crippen molar-refractivity contribution in [3.05, 3.63) is 59.7 Å². The maximum atomic E-state index is 12.2. The molecule has 0 saturated heterocycles. The predicted octanol–water partition coefficient (Wildman–Crippen LogP) is 3.11. The molecular weight excluding hydrogens is 332 g/mol. The van der Waals surface area contributed by atoms with Crippen LogP contribution in [0.4, 0.5) is 5.69 Å². The molecular formula is C20H22N2O4. The molecule has 0 bridgehead atoms. The minimum Gasteiger partial charge on any atom is -0.497 e. The largest absolute Gasteiger partial charge is 0.497 e. The van der Waals surface area contributed by atoms with E-state index in [-0.39, 0.29) is 11.8 Å². The van der Waals surface area contributed by atoms with Crippen LogP contribution < -0.4 is 20.1 Å². The van der Waals surface area contributed by atoms with Crippen LogP contribution in [0.2, 0.25) is 0 Å². The molecule has 0 heterocycles. The molecule has 2 amide bonds. The normalized spacial score (nSPS) is 10.4. The van der Waals surface area contributed by atoms with Crippen LogP contribution in [0, 0.1) is 0 Å². The molecule has 2 aromatic carbocycles. The Morgan fingerprint density at radius 3 is 2.31 bits per heavy atom. The predicted molar refractivity (Wildman–Crippen MR) is 102 cm³/mol. The van der Waals surface area contributed by atoms with Crippen LogP contribution in [-0.2, 0) is 4.79 Å². The van der Waals surface area contributed by atoms with Crippen LogP contribution in [0.1, 0.15) is 22.8 Å². The van der Waals surface area contributed by atoms with Gasteiger partial charge in [-0.1, -0.05) is 12.1 Å². The van der Waals surface area contributed by atoms with Gasteiger partial charge in [-0.15, -0.1) is 0 Å². The van der Waals surface area contributed by atoms with Crippen molar-refractivity contribution in [3.8, 4) is 11.5 Å². The van der Waals surface area contributed by atoms with Crippen LogP contribution in [0.3, 0.4) is 0 Å². The maximum absolute atomic E-state index is 12.2. The Bertz CT molecular complexity index is 793. The topological polar surface area (TPSA) is 76.7 Å². The first-order chi connectivity index (χ1) is 12.6. The lowest BCUT2D eigenvalue weighted by Crippen LogP contribution is -2.24. The summed E-state index contributed by atoms with van der Waals surface area (Å²) in [5.74, 6) is 0.686. The van der Waals surface area contributed by atoms with Gasteiger partial charge < -0.3 is 20.1 Å². The summed E-state index contributed by atoms with van der Waals surface area (Å²) in [5.41, 5.74) is 1.63. The molecule has 0 aliphatic carbocycles. The molecule has 136 valence electrons. The number of benzene rings is 2. The second kappa shape index (κ2) is 9.27. The molecule has 0 fully saturated rings. The number of para-hydroxylation sites is 1. The summed E-state index contributed by atoms with van der Waals surface area (Å²) in [4.78, 5) is 24.3. The lowest BCUT2D eigenvalue weighted by atomic mass is 10.1. The molecule has 0 aliphatic rings. The SMILES string of the molecule is CCNC(=O)c1ccccc1NC(=O)/C=C/c1cc(OC)cc(OC)c1. The van der Waals surface area contributed by atoms with E-state index in [2.05, 4.69) is 10.6 Å². The van der Waals surface area contributed by atoms with Gasteiger partial charge in [0.05, 0.1) is 25.5 Å². The lowest BCUT2D eigenvalue weighted by Gasteiger charge is -2.09. The Balaban J connectivity index is 2.14. The number of ether oxygens (including phenoxy) is 2. The number of anilines is 1. The number of hydrogen-bond acceptors (Lipinski definition) is 4.